The van der Waals surface area contributed by atoms with Crippen molar-refractivity contribution in [3.63, 3.8) is 0 Å². The normalized spacial score (nSPS) is 12.9. The predicted molar refractivity (Wildman–Crippen MR) is 76.6 cm³/mol. The first-order chi connectivity index (χ1) is 8.24. The fourth-order valence-corrected chi connectivity index (χ4v) is 2.97. The lowest BCUT2D eigenvalue weighted by Crippen LogP contribution is -1.94. The van der Waals surface area contributed by atoms with E-state index in [0.717, 1.165) is 17.7 Å². The summed E-state index contributed by atoms with van der Waals surface area (Å²) in [6, 6.07) is 4.15. The molecule has 1 rings (SSSR count). The van der Waals surface area contributed by atoms with Gasteiger partial charge in [-0.15, -0.1) is 11.3 Å². The van der Waals surface area contributed by atoms with E-state index in [1.807, 2.05) is 0 Å². The van der Waals surface area contributed by atoms with Gasteiger partial charge in [0.15, 0.2) is 0 Å². The zero-order chi connectivity index (χ0) is 12.5. The minimum atomic E-state index is -0.232. The zero-order valence-corrected chi connectivity index (χ0v) is 12.1. The summed E-state index contributed by atoms with van der Waals surface area (Å²) in [5.74, 6) is 0. The summed E-state index contributed by atoms with van der Waals surface area (Å²) < 4.78 is 0. The SMILES string of the molecule is CCCCCCCCCC(O)c1ccc(C)s1. The van der Waals surface area contributed by atoms with Crippen LogP contribution in [0.25, 0.3) is 0 Å². The number of thiophene rings is 1. The van der Waals surface area contributed by atoms with Crippen LogP contribution in [0.2, 0.25) is 0 Å². The number of aliphatic hydroxyl groups is 1. The molecule has 0 amide bonds. The Morgan fingerprint density at radius 3 is 2.29 bits per heavy atom. The molecule has 17 heavy (non-hydrogen) atoms. The van der Waals surface area contributed by atoms with E-state index in [4.69, 9.17) is 0 Å². The first-order valence-corrected chi connectivity index (χ1v) is 7.80. The van der Waals surface area contributed by atoms with Gasteiger partial charge in [-0.05, 0) is 25.5 Å². The highest BCUT2D eigenvalue weighted by Crippen LogP contribution is 2.26. The Morgan fingerprint density at radius 1 is 1.06 bits per heavy atom. The quantitative estimate of drug-likeness (QED) is 0.598. The van der Waals surface area contributed by atoms with Crippen molar-refractivity contribution in [3.05, 3.63) is 21.9 Å². The molecule has 0 aliphatic rings. The molecule has 1 aromatic rings. The Kier molecular flexibility index (Phi) is 7.54. The predicted octanol–water partition coefficient (Wildman–Crippen LogP) is 5.23. The van der Waals surface area contributed by atoms with Gasteiger partial charge in [-0.1, -0.05) is 51.9 Å². The third-order valence-corrected chi connectivity index (χ3v) is 4.27. The second kappa shape index (κ2) is 8.71. The van der Waals surface area contributed by atoms with E-state index in [2.05, 4.69) is 26.0 Å². The van der Waals surface area contributed by atoms with E-state index in [1.165, 1.54) is 43.4 Å². The molecule has 1 N–H and O–H groups in total. The third-order valence-electron chi connectivity index (χ3n) is 3.17. The first kappa shape index (κ1) is 14.7. The molecular weight excluding hydrogens is 228 g/mol. The van der Waals surface area contributed by atoms with Gasteiger partial charge in [-0.2, -0.15) is 0 Å². The van der Waals surface area contributed by atoms with E-state index >= 15 is 0 Å². The second-order valence-electron chi connectivity index (χ2n) is 4.87. The molecule has 1 heterocycles. The van der Waals surface area contributed by atoms with Crippen LogP contribution in [-0.4, -0.2) is 5.11 Å². The summed E-state index contributed by atoms with van der Waals surface area (Å²) in [6.07, 6.45) is 9.88. The maximum Gasteiger partial charge on any atom is 0.0882 e. The van der Waals surface area contributed by atoms with Gasteiger partial charge in [0.2, 0.25) is 0 Å². The molecular formula is C15H26OS. The van der Waals surface area contributed by atoms with Crippen LogP contribution in [0.4, 0.5) is 0 Å². The Labute approximate surface area is 110 Å². The number of rotatable bonds is 9. The highest BCUT2D eigenvalue weighted by Gasteiger charge is 2.08. The monoisotopic (exact) mass is 254 g/mol. The van der Waals surface area contributed by atoms with Crippen LogP contribution >= 0.6 is 11.3 Å². The van der Waals surface area contributed by atoms with Crippen molar-refractivity contribution in [2.24, 2.45) is 0 Å². The van der Waals surface area contributed by atoms with Crippen LogP contribution in [0.3, 0.4) is 0 Å². The van der Waals surface area contributed by atoms with Gasteiger partial charge in [0, 0.05) is 9.75 Å². The van der Waals surface area contributed by atoms with Crippen molar-refractivity contribution in [2.75, 3.05) is 0 Å². The lowest BCUT2D eigenvalue weighted by Gasteiger charge is -2.08. The number of hydrogen-bond acceptors (Lipinski definition) is 2. The van der Waals surface area contributed by atoms with E-state index in [1.54, 1.807) is 11.3 Å². The molecule has 0 saturated carbocycles. The molecule has 0 aromatic carbocycles. The van der Waals surface area contributed by atoms with Crippen LogP contribution in [-0.2, 0) is 0 Å². The van der Waals surface area contributed by atoms with Crippen molar-refractivity contribution >= 4 is 11.3 Å². The van der Waals surface area contributed by atoms with Crippen LogP contribution in [0.15, 0.2) is 12.1 Å². The van der Waals surface area contributed by atoms with Crippen molar-refractivity contribution in [1.29, 1.82) is 0 Å². The molecule has 1 atom stereocenters. The van der Waals surface area contributed by atoms with Crippen molar-refractivity contribution in [2.45, 2.75) is 71.3 Å². The molecule has 0 saturated heterocycles. The highest BCUT2D eigenvalue weighted by atomic mass is 32.1. The van der Waals surface area contributed by atoms with E-state index in [0.29, 0.717) is 0 Å². The molecule has 0 spiro atoms. The summed E-state index contributed by atoms with van der Waals surface area (Å²) in [5.41, 5.74) is 0. The number of unbranched alkanes of at least 4 members (excludes halogenated alkanes) is 6. The van der Waals surface area contributed by atoms with Gasteiger partial charge in [0.05, 0.1) is 6.10 Å². The molecule has 1 aromatic heterocycles. The fraction of sp³-hybridized carbons (Fsp3) is 0.733. The standard InChI is InChI=1S/C15H26OS/c1-3-4-5-6-7-8-9-10-14(16)15-12-11-13(2)17-15/h11-12,14,16H,3-10H2,1-2H3. The molecule has 0 bridgehead atoms. The van der Waals surface area contributed by atoms with Gasteiger partial charge >= 0.3 is 0 Å². The van der Waals surface area contributed by atoms with Gasteiger partial charge in [0.25, 0.3) is 0 Å². The zero-order valence-electron chi connectivity index (χ0n) is 11.2. The molecule has 0 aliphatic heterocycles. The molecule has 2 heteroatoms. The lowest BCUT2D eigenvalue weighted by molar-refractivity contribution is 0.167. The van der Waals surface area contributed by atoms with Crippen LogP contribution in [0, 0.1) is 6.92 Å². The molecule has 0 radical (unpaired) electrons. The Hall–Kier alpha value is -0.340. The number of aryl methyl sites for hydroxylation is 1. The van der Waals surface area contributed by atoms with E-state index < -0.39 is 0 Å². The average molecular weight is 254 g/mol. The molecule has 0 aliphatic carbocycles. The molecule has 98 valence electrons. The number of hydrogen-bond donors (Lipinski definition) is 1. The minimum absolute atomic E-state index is 0.232. The van der Waals surface area contributed by atoms with Crippen LogP contribution in [0.1, 0.15) is 74.1 Å². The van der Waals surface area contributed by atoms with Gasteiger partial charge in [-0.25, -0.2) is 0 Å². The van der Waals surface area contributed by atoms with E-state index in [9.17, 15) is 5.11 Å². The summed E-state index contributed by atoms with van der Waals surface area (Å²) in [6.45, 7) is 4.34. The average Bonchev–Trinajstić information content (AvgIpc) is 2.74. The Bertz CT molecular complexity index is 293. The molecule has 1 unspecified atom stereocenters. The van der Waals surface area contributed by atoms with Gasteiger partial charge < -0.3 is 5.11 Å². The smallest absolute Gasteiger partial charge is 0.0882 e. The van der Waals surface area contributed by atoms with Crippen molar-refractivity contribution in [1.82, 2.24) is 0 Å². The maximum atomic E-state index is 9.99. The largest absolute Gasteiger partial charge is 0.388 e. The Morgan fingerprint density at radius 2 is 1.71 bits per heavy atom. The van der Waals surface area contributed by atoms with Gasteiger partial charge in [0.1, 0.15) is 0 Å². The summed E-state index contributed by atoms with van der Waals surface area (Å²) in [4.78, 5) is 2.42. The fourth-order valence-electron chi connectivity index (χ4n) is 2.07. The Balaban J connectivity index is 2.03. The first-order valence-electron chi connectivity index (χ1n) is 6.98. The summed E-state index contributed by atoms with van der Waals surface area (Å²) in [5, 5.41) is 9.99. The van der Waals surface area contributed by atoms with Crippen molar-refractivity contribution < 1.29 is 5.11 Å². The number of aliphatic hydroxyl groups excluding tert-OH is 1. The van der Waals surface area contributed by atoms with Crippen molar-refractivity contribution in [3.8, 4) is 0 Å². The molecule has 0 fully saturated rings. The lowest BCUT2D eigenvalue weighted by atomic mass is 10.1. The van der Waals surface area contributed by atoms with Gasteiger partial charge in [-0.3, -0.25) is 0 Å². The summed E-state index contributed by atoms with van der Waals surface area (Å²) in [7, 11) is 0. The summed E-state index contributed by atoms with van der Waals surface area (Å²) >= 11 is 1.72. The van der Waals surface area contributed by atoms with Crippen LogP contribution in [0.5, 0.6) is 0 Å². The maximum absolute atomic E-state index is 9.99. The molecule has 1 nitrogen and oxygen atoms in total. The highest BCUT2D eigenvalue weighted by molar-refractivity contribution is 7.11. The van der Waals surface area contributed by atoms with Crippen LogP contribution < -0.4 is 0 Å². The topological polar surface area (TPSA) is 20.2 Å². The third kappa shape index (κ3) is 6.23. The second-order valence-corrected chi connectivity index (χ2v) is 6.19. The minimum Gasteiger partial charge on any atom is -0.388 e. The van der Waals surface area contributed by atoms with E-state index in [-0.39, 0.29) is 6.10 Å².